The highest BCUT2D eigenvalue weighted by Gasteiger charge is 2.15. The summed E-state index contributed by atoms with van der Waals surface area (Å²) in [6.45, 7) is 2.10. The van der Waals surface area contributed by atoms with Crippen molar-refractivity contribution in [3.8, 4) is 10.7 Å². The molecule has 0 radical (unpaired) electrons. The van der Waals surface area contributed by atoms with Crippen molar-refractivity contribution in [1.29, 1.82) is 5.41 Å². The molecule has 0 aliphatic rings. The Bertz CT molecular complexity index is 486. The normalized spacial score (nSPS) is 12.5. The first-order valence-electron chi connectivity index (χ1n) is 5.62. The molecule has 1 unspecified atom stereocenters. The van der Waals surface area contributed by atoms with Crippen LogP contribution in [0.4, 0.5) is 0 Å². The van der Waals surface area contributed by atoms with Crippen LogP contribution in [0.2, 0.25) is 0 Å². The lowest BCUT2D eigenvalue weighted by Crippen LogP contribution is -2.18. The predicted molar refractivity (Wildman–Crippen MR) is 71.4 cm³/mol. The smallest absolute Gasteiger partial charge is 0.150 e. The maximum Gasteiger partial charge on any atom is 0.150 e. The number of nitrogens with zero attached hydrogens (tertiary/aromatic N) is 2. The van der Waals surface area contributed by atoms with Gasteiger partial charge in [-0.1, -0.05) is 13.0 Å². The van der Waals surface area contributed by atoms with Crippen LogP contribution in [0.25, 0.3) is 10.7 Å². The standard InChI is InChI=1S/C12H16N4S/c1-2-9(8-11(13)14)16-6-5-15-12(16)10-4-3-7-17-10/h3-7,9H,2,8H2,1H3,(H3,13,14). The fourth-order valence-electron chi connectivity index (χ4n) is 1.90. The summed E-state index contributed by atoms with van der Waals surface area (Å²) in [5, 5.41) is 9.46. The minimum Gasteiger partial charge on any atom is -0.388 e. The number of amidine groups is 1. The first-order chi connectivity index (χ1) is 8.22. The van der Waals surface area contributed by atoms with E-state index in [-0.39, 0.29) is 11.9 Å². The fraction of sp³-hybridized carbons (Fsp3) is 0.333. The lowest BCUT2D eigenvalue weighted by Gasteiger charge is -2.18. The Hall–Kier alpha value is -1.62. The quantitative estimate of drug-likeness (QED) is 0.631. The van der Waals surface area contributed by atoms with Gasteiger partial charge in [0.05, 0.1) is 10.7 Å². The van der Waals surface area contributed by atoms with Crippen LogP contribution in [-0.2, 0) is 0 Å². The Labute approximate surface area is 105 Å². The molecule has 0 fully saturated rings. The molecule has 0 amide bonds. The third kappa shape index (κ3) is 2.55. The molecule has 0 saturated heterocycles. The van der Waals surface area contributed by atoms with E-state index in [0.29, 0.717) is 6.42 Å². The lowest BCUT2D eigenvalue weighted by molar-refractivity contribution is 0.505. The number of aromatic nitrogens is 2. The number of hydrogen-bond acceptors (Lipinski definition) is 3. The van der Waals surface area contributed by atoms with Gasteiger partial charge in [-0.15, -0.1) is 11.3 Å². The van der Waals surface area contributed by atoms with E-state index in [2.05, 4.69) is 22.5 Å². The van der Waals surface area contributed by atoms with Crippen molar-refractivity contribution in [2.45, 2.75) is 25.8 Å². The molecule has 0 saturated carbocycles. The first-order valence-corrected chi connectivity index (χ1v) is 6.50. The molecule has 0 aromatic carbocycles. The number of hydrogen-bond donors (Lipinski definition) is 2. The zero-order valence-electron chi connectivity index (χ0n) is 9.76. The summed E-state index contributed by atoms with van der Waals surface area (Å²) in [5.74, 6) is 1.19. The molecule has 5 heteroatoms. The molecule has 17 heavy (non-hydrogen) atoms. The van der Waals surface area contributed by atoms with Gasteiger partial charge in [-0.25, -0.2) is 4.98 Å². The average molecular weight is 248 g/mol. The van der Waals surface area contributed by atoms with Crippen LogP contribution in [0, 0.1) is 5.41 Å². The van der Waals surface area contributed by atoms with E-state index in [1.807, 2.05) is 17.6 Å². The Morgan fingerprint density at radius 3 is 3.06 bits per heavy atom. The third-order valence-electron chi connectivity index (χ3n) is 2.73. The average Bonchev–Trinajstić information content (AvgIpc) is 2.94. The number of nitrogens with two attached hydrogens (primary N) is 1. The number of thiophene rings is 1. The molecule has 0 aliphatic heterocycles. The second-order valence-corrected chi connectivity index (χ2v) is 4.87. The third-order valence-corrected chi connectivity index (χ3v) is 3.60. The van der Waals surface area contributed by atoms with Crippen molar-refractivity contribution in [3.63, 3.8) is 0 Å². The van der Waals surface area contributed by atoms with Gasteiger partial charge in [0.2, 0.25) is 0 Å². The molecule has 0 bridgehead atoms. The molecular weight excluding hydrogens is 232 g/mol. The van der Waals surface area contributed by atoms with Crippen LogP contribution in [0.3, 0.4) is 0 Å². The Morgan fingerprint density at radius 2 is 2.47 bits per heavy atom. The molecule has 4 nitrogen and oxygen atoms in total. The van der Waals surface area contributed by atoms with Gasteiger partial charge in [-0.2, -0.15) is 0 Å². The molecule has 2 rings (SSSR count). The largest absolute Gasteiger partial charge is 0.388 e. The van der Waals surface area contributed by atoms with Crippen LogP contribution in [0.1, 0.15) is 25.8 Å². The van der Waals surface area contributed by atoms with Gasteiger partial charge >= 0.3 is 0 Å². The van der Waals surface area contributed by atoms with Crippen molar-refractivity contribution in [3.05, 3.63) is 29.9 Å². The van der Waals surface area contributed by atoms with E-state index in [9.17, 15) is 0 Å². The summed E-state index contributed by atoms with van der Waals surface area (Å²) in [7, 11) is 0. The van der Waals surface area contributed by atoms with E-state index >= 15 is 0 Å². The van der Waals surface area contributed by atoms with E-state index < -0.39 is 0 Å². The van der Waals surface area contributed by atoms with Crippen LogP contribution in [0.5, 0.6) is 0 Å². The maximum absolute atomic E-state index is 7.42. The van der Waals surface area contributed by atoms with Gasteiger partial charge in [-0.3, -0.25) is 5.41 Å². The molecule has 2 aromatic rings. The summed E-state index contributed by atoms with van der Waals surface area (Å²) in [5.41, 5.74) is 5.50. The summed E-state index contributed by atoms with van der Waals surface area (Å²) in [6, 6.07) is 4.29. The fourth-order valence-corrected chi connectivity index (χ4v) is 2.62. The van der Waals surface area contributed by atoms with E-state index in [1.54, 1.807) is 17.5 Å². The highest BCUT2D eigenvalue weighted by molar-refractivity contribution is 7.13. The van der Waals surface area contributed by atoms with Crippen LogP contribution in [-0.4, -0.2) is 15.4 Å². The number of imidazole rings is 1. The molecule has 2 heterocycles. The maximum atomic E-state index is 7.42. The highest BCUT2D eigenvalue weighted by Crippen LogP contribution is 2.27. The van der Waals surface area contributed by atoms with Gasteiger partial charge in [0.1, 0.15) is 5.82 Å². The monoisotopic (exact) mass is 248 g/mol. The zero-order chi connectivity index (χ0) is 12.3. The van der Waals surface area contributed by atoms with Crippen LogP contribution < -0.4 is 5.73 Å². The zero-order valence-corrected chi connectivity index (χ0v) is 10.6. The minimum atomic E-state index is 0.215. The molecule has 0 aliphatic carbocycles. The van der Waals surface area contributed by atoms with Gasteiger partial charge in [0, 0.05) is 24.9 Å². The summed E-state index contributed by atoms with van der Waals surface area (Å²) in [6.07, 6.45) is 5.28. The topological polar surface area (TPSA) is 67.7 Å². The van der Waals surface area contributed by atoms with Gasteiger partial charge in [0.25, 0.3) is 0 Å². The second-order valence-electron chi connectivity index (χ2n) is 3.93. The Kier molecular flexibility index (Phi) is 3.58. The second kappa shape index (κ2) is 5.14. The SMILES string of the molecule is CCC(CC(=N)N)n1ccnc1-c1cccs1. The van der Waals surface area contributed by atoms with E-state index in [4.69, 9.17) is 11.1 Å². The summed E-state index contributed by atoms with van der Waals surface area (Å²) in [4.78, 5) is 5.55. The predicted octanol–water partition coefficient (Wildman–Crippen LogP) is 2.89. The Morgan fingerprint density at radius 1 is 1.65 bits per heavy atom. The van der Waals surface area contributed by atoms with Gasteiger partial charge in [-0.05, 0) is 17.9 Å². The molecule has 1 atom stereocenters. The first kappa shape index (κ1) is 11.9. The summed E-state index contributed by atoms with van der Waals surface area (Å²) < 4.78 is 2.12. The molecule has 90 valence electrons. The number of rotatable bonds is 5. The molecular formula is C12H16N4S. The highest BCUT2D eigenvalue weighted by atomic mass is 32.1. The van der Waals surface area contributed by atoms with E-state index in [1.165, 1.54) is 0 Å². The van der Waals surface area contributed by atoms with Gasteiger partial charge < -0.3 is 10.3 Å². The van der Waals surface area contributed by atoms with Gasteiger partial charge in [0.15, 0.2) is 0 Å². The molecule has 3 N–H and O–H groups in total. The molecule has 2 aromatic heterocycles. The van der Waals surface area contributed by atoms with Crippen LogP contribution in [0.15, 0.2) is 29.9 Å². The molecule has 0 spiro atoms. The van der Waals surface area contributed by atoms with Crippen LogP contribution >= 0.6 is 11.3 Å². The number of nitrogens with one attached hydrogen (secondary N) is 1. The van der Waals surface area contributed by atoms with Crippen molar-refractivity contribution >= 4 is 17.2 Å². The summed E-state index contributed by atoms with van der Waals surface area (Å²) >= 11 is 1.67. The van der Waals surface area contributed by atoms with Crippen molar-refractivity contribution in [2.24, 2.45) is 5.73 Å². The minimum absolute atomic E-state index is 0.215. The Balaban J connectivity index is 2.32. The van der Waals surface area contributed by atoms with Crippen molar-refractivity contribution < 1.29 is 0 Å². The van der Waals surface area contributed by atoms with Crippen molar-refractivity contribution in [1.82, 2.24) is 9.55 Å². The van der Waals surface area contributed by atoms with E-state index in [0.717, 1.165) is 17.1 Å². The lowest BCUT2D eigenvalue weighted by atomic mass is 10.1. The van der Waals surface area contributed by atoms with Crippen molar-refractivity contribution in [2.75, 3.05) is 0 Å².